The van der Waals surface area contributed by atoms with E-state index < -0.39 is 34.2 Å². The standard InChI is InChI=1S/C8H6F4N2O2.ClH/c9-5-2-1-4(3-6(5)14(15)16)7(13)8(10,11)12;/h1-3,7H,13H2;1H/t7-;/m1./s1. The number of nitro benzene ring substituents is 1. The minimum atomic E-state index is -4.73. The minimum Gasteiger partial charge on any atom is -0.316 e. The molecule has 2 N–H and O–H groups in total. The second-order valence-electron chi connectivity index (χ2n) is 2.99. The summed E-state index contributed by atoms with van der Waals surface area (Å²) in [5, 5.41) is 10.3. The highest BCUT2D eigenvalue weighted by Gasteiger charge is 2.38. The van der Waals surface area contributed by atoms with E-state index in [2.05, 4.69) is 0 Å². The molecule has 1 atom stereocenters. The van der Waals surface area contributed by atoms with Gasteiger partial charge in [-0.1, -0.05) is 6.07 Å². The lowest BCUT2D eigenvalue weighted by Gasteiger charge is -2.15. The van der Waals surface area contributed by atoms with Gasteiger partial charge in [-0.25, -0.2) is 0 Å². The Labute approximate surface area is 99.0 Å². The van der Waals surface area contributed by atoms with Gasteiger partial charge in [0.05, 0.1) is 4.92 Å². The van der Waals surface area contributed by atoms with Crippen LogP contribution in [0.3, 0.4) is 0 Å². The number of benzene rings is 1. The maximum atomic E-state index is 12.8. The topological polar surface area (TPSA) is 69.2 Å². The van der Waals surface area contributed by atoms with Crippen molar-refractivity contribution < 1.29 is 22.5 Å². The molecule has 0 aliphatic rings. The molecule has 0 saturated carbocycles. The van der Waals surface area contributed by atoms with Crippen molar-refractivity contribution in [3.8, 4) is 0 Å². The van der Waals surface area contributed by atoms with E-state index >= 15 is 0 Å². The molecule has 0 amide bonds. The molecule has 0 saturated heterocycles. The number of alkyl halides is 3. The molecule has 9 heteroatoms. The number of halogens is 5. The fourth-order valence-corrected chi connectivity index (χ4v) is 1.05. The highest BCUT2D eigenvalue weighted by atomic mass is 35.5. The van der Waals surface area contributed by atoms with Crippen LogP contribution in [0.25, 0.3) is 0 Å². The molecular formula is C8H7ClF4N2O2. The average molecular weight is 275 g/mol. The van der Waals surface area contributed by atoms with Crippen molar-refractivity contribution >= 4 is 18.1 Å². The predicted molar refractivity (Wildman–Crippen MR) is 53.3 cm³/mol. The van der Waals surface area contributed by atoms with Gasteiger partial charge in [-0.2, -0.15) is 17.6 Å². The average Bonchev–Trinajstić information content (AvgIpc) is 2.15. The SMILES string of the molecule is Cl.N[C@H](c1ccc(F)c([N+](=O)[O-])c1)C(F)(F)F. The molecular weight excluding hydrogens is 268 g/mol. The number of hydrogen-bond donors (Lipinski definition) is 1. The molecule has 1 aromatic rings. The lowest BCUT2D eigenvalue weighted by Crippen LogP contribution is -2.28. The van der Waals surface area contributed by atoms with Gasteiger partial charge in [0.2, 0.25) is 5.82 Å². The molecule has 17 heavy (non-hydrogen) atoms. The normalized spacial score (nSPS) is 12.8. The Morgan fingerprint density at radius 1 is 1.35 bits per heavy atom. The van der Waals surface area contributed by atoms with Crippen LogP contribution in [-0.2, 0) is 0 Å². The van der Waals surface area contributed by atoms with Gasteiger partial charge in [-0.15, -0.1) is 12.4 Å². The van der Waals surface area contributed by atoms with Gasteiger partial charge in [-0.3, -0.25) is 10.1 Å². The van der Waals surface area contributed by atoms with Crippen LogP contribution < -0.4 is 5.73 Å². The smallest absolute Gasteiger partial charge is 0.316 e. The zero-order chi connectivity index (χ0) is 12.5. The quantitative estimate of drug-likeness (QED) is 0.512. The van der Waals surface area contributed by atoms with Crippen LogP contribution in [0.2, 0.25) is 0 Å². The molecule has 0 spiro atoms. The summed E-state index contributed by atoms with van der Waals surface area (Å²) in [6, 6.07) is -0.542. The van der Waals surface area contributed by atoms with Gasteiger partial charge in [0, 0.05) is 6.07 Å². The van der Waals surface area contributed by atoms with Gasteiger partial charge >= 0.3 is 11.9 Å². The van der Waals surface area contributed by atoms with Gasteiger partial charge in [0.15, 0.2) is 0 Å². The minimum absolute atomic E-state index is 0. The maximum Gasteiger partial charge on any atom is 0.407 e. The molecule has 0 bridgehead atoms. The Hall–Kier alpha value is -1.41. The maximum absolute atomic E-state index is 12.8. The third-order valence-corrected chi connectivity index (χ3v) is 1.88. The van der Waals surface area contributed by atoms with Crippen molar-refractivity contribution in [3.05, 3.63) is 39.7 Å². The van der Waals surface area contributed by atoms with Gasteiger partial charge < -0.3 is 5.73 Å². The summed E-state index contributed by atoms with van der Waals surface area (Å²) < 4.78 is 49.4. The fourth-order valence-electron chi connectivity index (χ4n) is 1.05. The first-order chi connectivity index (χ1) is 7.23. The molecule has 0 heterocycles. The predicted octanol–water partition coefficient (Wildman–Crippen LogP) is 2.72. The molecule has 0 aliphatic carbocycles. The lowest BCUT2D eigenvalue weighted by atomic mass is 10.1. The Balaban J connectivity index is 0.00000256. The molecule has 0 aliphatic heterocycles. The van der Waals surface area contributed by atoms with E-state index in [1.54, 1.807) is 0 Å². The second kappa shape index (κ2) is 5.28. The molecule has 96 valence electrons. The van der Waals surface area contributed by atoms with Crippen LogP contribution in [0, 0.1) is 15.9 Å². The first kappa shape index (κ1) is 15.6. The van der Waals surface area contributed by atoms with E-state index in [1.807, 2.05) is 0 Å². The molecule has 1 aromatic carbocycles. The second-order valence-corrected chi connectivity index (χ2v) is 2.99. The summed E-state index contributed by atoms with van der Waals surface area (Å²) in [4.78, 5) is 9.18. The summed E-state index contributed by atoms with van der Waals surface area (Å²) in [6.45, 7) is 0. The summed E-state index contributed by atoms with van der Waals surface area (Å²) in [5.74, 6) is -1.21. The third kappa shape index (κ3) is 3.53. The van der Waals surface area contributed by atoms with Crippen molar-refractivity contribution in [1.82, 2.24) is 0 Å². The molecule has 0 unspecified atom stereocenters. The van der Waals surface area contributed by atoms with E-state index in [9.17, 15) is 27.7 Å². The Morgan fingerprint density at radius 3 is 2.29 bits per heavy atom. The monoisotopic (exact) mass is 274 g/mol. The van der Waals surface area contributed by atoms with Crippen LogP contribution in [0.5, 0.6) is 0 Å². The summed E-state index contributed by atoms with van der Waals surface area (Å²) in [5.41, 5.74) is 3.24. The van der Waals surface area contributed by atoms with Crippen molar-refractivity contribution in [1.29, 1.82) is 0 Å². The van der Waals surface area contributed by atoms with Crippen LogP contribution in [0.4, 0.5) is 23.2 Å². The van der Waals surface area contributed by atoms with Gasteiger partial charge in [-0.05, 0) is 11.6 Å². The highest BCUT2D eigenvalue weighted by Crippen LogP contribution is 2.32. The number of hydrogen-bond acceptors (Lipinski definition) is 3. The number of nitrogens with zero attached hydrogens (tertiary/aromatic N) is 1. The van der Waals surface area contributed by atoms with Crippen LogP contribution in [-0.4, -0.2) is 11.1 Å². The molecule has 0 radical (unpaired) electrons. The molecule has 1 rings (SSSR count). The number of nitrogens with two attached hydrogens (primary N) is 1. The van der Waals surface area contributed by atoms with Crippen LogP contribution >= 0.6 is 12.4 Å². The van der Waals surface area contributed by atoms with Crippen molar-refractivity contribution in [2.45, 2.75) is 12.2 Å². The van der Waals surface area contributed by atoms with E-state index in [0.29, 0.717) is 12.1 Å². The largest absolute Gasteiger partial charge is 0.407 e. The Kier molecular flexibility index (Phi) is 4.84. The zero-order valence-electron chi connectivity index (χ0n) is 8.07. The van der Waals surface area contributed by atoms with E-state index in [1.165, 1.54) is 0 Å². The summed E-state index contributed by atoms with van der Waals surface area (Å²) in [7, 11) is 0. The number of nitro groups is 1. The van der Waals surface area contributed by atoms with Crippen LogP contribution in [0.15, 0.2) is 18.2 Å². The number of rotatable bonds is 2. The fraction of sp³-hybridized carbons (Fsp3) is 0.250. The van der Waals surface area contributed by atoms with E-state index in [4.69, 9.17) is 5.73 Å². The molecule has 0 aromatic heterocycles. The summed E-state index contributed by atoms with van der Waals surface area (Å²) >= 11 is 0. The van der Waals surface area contributed by atoms with Gasteiger partial charge in [0.25, 0.3) is 0 Å². The van der Waals surface area contributed by atoms with Crippen molar-refractivity contribution in [3.63, 3.8) is 0 Å². The Morgan fingerprint density at radius 2 is 1.88 bits per heavy atom. The van der Waals surface area contributed by atoms with Crippen molar-refractivity contribution in [2.24, 2.45) is 5.73 Å². The van der Waals surface area contributed by atoms with Crippen molar-refractivity contribution in [2.75, 3.05) is 0 Å². The molecule has 4 nitrogen and oxygen atoms in total. The molecule has 0 fully saturated rings. The first-order valence-electron chi connectivity index (χ1n) is 3.99. The lowest BCUT2D eigenvalue weighted by molar-refractivity contribution is -0.387. The Bertz CT molecular complexity index is 424. The van der Waals surface area contributed by atoms with Crippen LogP contribution in [0.1, 0.15) is 11.6 Å². The zero-order valence-corrected chi connectivity index (χ0v) is 8.89. The van der Waals surface area contributed by atoms with Gasteiger partial charge in [0.1, 0.15) is 6.04 Å². The highest BCUT2D eigenvalue weighted by molar-refractivity contribution is 5.85. The summed E-state index contributed by atoms with van der Waals surface area (Å²) in [6.07, 6.45) is -4.73. The van der Waals surface area contributed by atoms with E-state index in [-0.39, 0.29) is 12.4 Å². The first-order valence-corrected chi connectivity index (χ1v) is 3.99. The van der Waals surface area contributed by atoms with E-state index in [0.717, 1.165) is 6.07 Å². The third-order valence-electron chi connectivity index (χ3n) is 1.88.